The maximum atomic E-state index is 13.5. The predicted molar refractivity (Wildman–Crippen MR) is 216 cm³/mol. The lowest BCUT2D eigenvalue weighted by Gasteiger charge is -2.35. The number of fused-ring (bicyclic) bond motifs is 1. The molecule has 0 aromatic heterocycles. The Morgan fingerprint density at radius 2 is 1.65 bits per heavy atom. The van der Waals surface area contributed by atoms with Crippen LogP contribution in [0.1, 0.15) is 47.9 Å². The molecule has 51 heavy (non-hydrogen) atoms. The molecule has 0 aliphatic carbocycles. The van der Waals surface area contributed by atoms with Crippen LogP contribution in [0.15, 0.2) is 122 Å². The molecule has 9 heteroatoms. The molecule has 2 aliphatic rings. The number of thioether (sulfide) groups is 2. The van der Waals surface area contributed by atoms with E-state index in [1.54, 1.807) is 24.9 Å². The van der Waals surface area contributed by atoms with Crippen molar-refractivity contribution in [3.05, 3.63) is 136 Å². The second kappa shape index (κ2) is 18.9. The number of aliphatic hydroxyl groups is 1. The van der Waals surface area contributed by atoms with E-state index in [1.807, 2.05) is 42.1 Å². The summed E-state index contributed by atoms with van der Waals surface area (Å²) in [4.78, 5) is 9.58. The van der Waals surface area contributed by atoms with Gasteiger partial charge in [-0.3, -0.25) is 9.89 Å². The second-order valence-corrected chi connectivity index (χ2v) is 15.7. The van der Waals surface area contributed by atoms with Crippen LogP contribution < -0.4 is 10.1 Å². The first-order valence-electron chi connectivity index (χ1n) is 17.6. The van der Waals surface area contributed by atoms with E-state index >= 15 is 0 Å². The number of piperidine rings is 1. The summed E-state index contributed by atoms with van der Waals surface area (Å²) >= 11 is 7.20. The summed E-state index contributed by atoms with van der Waals surface area (Å²) in [5.41, 5.74) is 4.91. The maximum Gasteiger partial charge on any atom is 0.129 e. The van der Waals surface area contributed by atoms with E-state index in [9.17, 15) is 9.50 Å². The number of likely N-dealkylation sites (tertiary alicyclic amines) is 1. The molecular weight excluding hydrogens is 742 g/mol. The number of rotatable bonds is 11. The Labute approximate surface area is 318 Å². The lowest BCUT2D eigenvalue weighted by atomic mass is 10.0. The highest BCUT2D eigenvalue weighted by Crippen LogP contribution is 2.34. The summed E-state index contributed by atoms with van der Waals surface area (Å²) in [5, 5.41) is 15.1. The van der Waals surface area contributed by atoms with Gasteiger partial charge >= 0.3 is 0 Å². The van der Waals surface area contributed by atoms with Crippen molar-refractivity contribution in [1.82, 2.24) is 10.2 Å². The first kappa shape index (κ1) is 37.4. The smallest absolute Gasteiger partial charge is 0.129 e. The number of nitrogens with one attached hydrogen (secondary N) is 1. The third-order valence-electron chi connectivity index (χ3n) is 9.29. The minimum absolute atomic E-state index is 0.191. The highest BCUT2D eigenvalue weighted by atomic mass is 79.9. The molecule has 1 fully saturated rings. The average molecular weight is 787 g/mol. The van der Waals surface area contributed by atoms with Crippen molar-refractivity contribution in [1.29, 1.82) is 0 Å². The lowest BCUT2D eigenvalue weighted by molar-refractivity contribution is 0.0835. The zero-order chi connectivity index (χ0) is 35.4. The molecule has 266 valence electrons. The van der Waals surface area contributed by atoms with Crippen LogP contribution in [-0.4, -0.2) is 55.2 Å². The summed E-state index contributed by atoms with van der Waals surface area (Å²) in [6.45, 7) is 4.10. The Bertz CT molecular complexity index is 1940. The molecule has 1 unspecified atom stereocenters. The SMILES string of the molecule is COc1ccc(Br)cc1CSc1ccccc1CN1CCCCC1CO.Fc1ccc2c(CSc3ccccc3C3=NCCCN3)cccc2c1. The summed E-state index contributed by atoms with van der Waals surface area (Å²) in [5.74, 6) is 3.43. The van der Waals surface area contributed by atoms with Crippen LogP contribution in [0.2, 0.25) is 0 Å². The van der Waals surface area contributed by atoms with Crippen LogP contribution in [0.3, 0.4) is 0 Å². The number of hydrogen-bond donors (Lipinski definition) is 2. The van der Waals surface area contributed by atoms with Crippen molar-refractivity contribution in [2.75, 3.05) is 33.4 Å². The molecular formula is C42H45BrFN3O2S2. The number of hydrogen-bond acceptors (Lipinski definition) is 7. The number of aliphatic imine (C=N–C) groups is 1. The van der Waals surface area contributed by atoms with Gasteiger partial charge in [-0.05, 0) is 90.2 Å². The van der Waals surface area contributed by atoms with Crippen molar-refractivity contribution in [2.24, 2.45) is 4.99 Å². The monoisotopic (exact) mass is 785 g/mol. The van der Waals surface area contributed by atoms with E-state index < -0.39 is 0 Å². The van der Waals surface area contributed by atoms with Crippen molar-refractivity contribution >= 4 is 56.1 Å². The van der Waals surface area contributed by atoms with Gasteiger partial charge in [-0.1, -0.05) is 83.0 Å². The molecule has 5 nitrogen and oxygen atoms in total. The number of methoxy groups -OCH3 is 1. The van der Waals surface area contributed by atoms with E-state index in [4.69, 9.17) is 4.74 Å². The molecule has 2 aliphatic heterocycles. The molecule has 1 atom stereocenters. The molecule has 0 bridgehead atoms. The van der Waals surface area contributed by atoms with Gasteiger partial charge in [0.25, 0.3) is 0 Å². The lowest BCUT2D eigenvalue weighted by Crippen LogP contribution is -2.41. The fraction of sp³-hybridized carbons (Fsp3) is 0.310. The van der Waals surface area contributed by atoms with Gasteiger partial charge < -0.3 is 15.2 Å². The molecule has 5 aromatic carbocycles. The van der Waals surface area contributed by atoms with Crippen molar-refractivity contribution < 1.29 is 14.2 Å². The highest BCUT2D eigenvalue weighted by molar-refractivity contribution is 9.10. The molecule has 2 heterocycles. The molecule has 5 aromatic rings. The average Bonchev–Trinajstić information content (AvgIpc) is 3.17. The maximum absolute atomic E-state index is 13.5. The van der Waals surface area contributed by atoms with Gasteiger partial charge in [0.2, 0.25) is 0 Å². The van der Waals surface area contributed by atoms with Gasteiger partial charge in [-0.15, -0.1) is 23.5 Å². The second-order valence-electron chi connectivity index (χ2n) is 12.7. The quantitative estimate of drug-likeness (QED) is 0.130. The van der Waals surface area contributed by atoms with Gasteiger partial charge in [0.05, 0.1) is 13.7 Å². The first-order chi connectivity index (χ1) is 25.0. The number of ether oxygens (including phenoxy) is 1. The van der Waals surface area contributed by atoms with Gasteiger partial charge in [0.1, 0.15) is 17.4 Å². The van der Waals surface area contributed by atoms with Crippen LogP contribution in [0.4, 0.5) is 4.39 Å². The fourth-order valence-corrected chi connectivity index (χ4v) is 9.08. The molecule has 0 radical (unpaired) electrons. The predicted octanol–water partition coefficient (Wildman–Crippen LogP) is 10.1. The fourth-order valence-electron chi connectivity index (χ4n) is 6.59. The third-order valence-corrected chi connectivity index (χ3v) is 12.1. The Kier molecular flexibility index (Phi) is 13.9. The Hall–Kier alpha value is -3.34. The van der Waals surface area contributed by atoms with E-state index in [0.29, 0.717) is 6.04 Å². The number of benzene rings is 5. The topological polar surface area (TPSA) is 57.1 Å². The normalized spacial score (nSPS) is 16.2. The van der Waals surface area contributed by atoms with E-state index in [1.165, 1.54) is 51.0 Å². The highest BCUT2D eigenvalue weighted by Gasteiger charge is 2.22. The molecule has 2 N–H and O–H groups in total. The first-order valence-corrected chi connectivity index (χ1v) is 20.3. The summed E-state index contributed by atoms with van der Waals surface area (Å²) in [7, 11) is 1.72. The number of amidine groups is 1. The van der Waals surface area contributed by atoms with Gasteiger partial charge in [-0.2, -0.15) is 0 Å². The molecule has 1 saturated heterocycles. The Morgan fingerprint density at radius 1 is 0.863 bits per heavy atom. The minimum atomic E-state index is -0.191. The van der Waals surface area contributed by atoms with Crippen LogP contribution >= 0.6 is 39.5 Å². The van der Waals surface area contributed by atoms with E-state index in [0.717, 1.165) is 77.4 Å². The van der Waals surface area contributed by atoms with E-state index in [2.05, 4.69) is 91.8 Å². The Morgan fingerprint density at radius 3 is 2.47 bits per heavy atom. The van der Waals surface area contributed by atoms with Crippen LogP contribution in [0.5, 0.6) is 5.75 Å². The van der Waals surface area contributed by atoms with Crippen LogP contribution in [0.25, 0.3) is 10.8 Å². The van der Waals surface area contributed by atoms with Gasteiger partial charge in [0.15, 0.2) is 0 Å². The standard InChI is InChI=1S/C21H26BrNO2S.C21H19FN2S/c1-25-20-10-9-18(22)12-17(20)15-26-21-8-3-2-6-16(21)13-23-11-5-4-7-19(23)14-24;22-17-9-10-18-15(13-17)5-3-6-16(18)14-25-20-8-2-1-7-19(20)21-23-11-4-12-24-21/h2-3,6,8-10,12,19,24H,4-5,7,11,13-15H2,1H3;1-3,5-10,13H,4,11-12,14H2,(H,23,24). The Balaban J connectivity index is 0.000000176. The summed E-state index contributed by atoms with van der Waals surface area (Å²) < 4.78 is 20.0. The largest absolute Gasteiger partial charge is 0.496 e. The molecule has 0 spiro atoms. The zero-order valence-electron chi connectivity index (χ0n) is 29.0. The third kappa shape index (κ3) is 10.2. The van der Waals surface area contributed by atoms with Crippen molar-refractivity contribution in [2.45, 2.75) is 59.6 Å². The van der Waals surface area contributed by atoms with Gasteiger partial charge in [0, 0.05) is 62.6 Å². The van der Waals surface area contributed by atoms with Crippen LogP contribution in [0, 0.1) is 5.82 Å². The minimum Gasteiger partial charge on any atom is -0.496 e. The molecule has 0 saturated carbocycles. The van der Waals surface area contributed by atoms with Crippen molar-refractivity contribution in [3.8, 4) is 5.75 Å². The summed E-state index contributed by atoms with van der Waals surface area (Å²) in [6, 6.07) is 34.5. The van der Waals surface area contributed by atoms with Crippen LogP contribution in [-0.2, 0) is 18.1 Å². The summed E-state index contributed by atoms with van der Waals surface area (Å²) in [6.07, 6.45) is 4.63. The van der Waals surface area contributed by atoms with Gasteiger partial charge in [-0.25, -0.2) is 4.39 Å². The number of aliphatic hydroxyl groups excluding tert-OH is 1. The number of halogens is 2. The van der Waals surface area contributed by atoms with Crippen molar-refractivity contribution in [3.63, 3.8) is 0 Å². The molecule has 7 rings (SSSR count). The molecule has 0 amide bonds. The number of nitrogens with zero attached hydrogens (tertiary/aromatic N) is 2. The zero-order valence-corrected chi connectivity index (χ0v) is 32.2. The van der Waals surface area contributed by atoms with E-state index in [-0.39, 0.29) is 12.4 Å².